The van der Waals surface area contributed by atoms with Gasteiger partial charge in [-0.2, -0.15) is 13.2 Å². The Bertz CT molecular complexity index is 525. The molecule has 0 radical (unpaired) electrons. The highest BCUT2D eigenvalue weighted by Gasteiger charge is 2.33. The van der Waals surface area contributed by atoms with E-state index in [9.17, 15) is 13.2 Å². The molecule has 0 bridgehead atoms. The molecule has 0 aliphatic heterocycles. The molecule has 0 atom stereocenters. The summed E-state index contributed by atoms with van der Waals surface area (Å²) in [7, 11) is 0. The van der Waals surface area contributed by atoms with Crippen LogP contribution in [0.15, 0.2) is 41.8 Å². The van der Waals surface area contributed by atoms with E-state index in [4.69, 9.17) is 4.74 Å². The molecule has 0 saturated carbocycles. The Kier molecular flexibility index (Phi) is 5.03. The number of thiophene rings is 1. The van der Waals surface area contributed by atoms with Gasteiger partial charge in [0.2, 0.25) is 0 Å². The zero-order chi connectivity index (χ0) is 14.4. The second kappa shape index (κ2) is 6.76. The first-order valence-electron chi connectivity index (χ1n) is 6.09. The van der Waals surface area contributed by atoms with Crippen LogP contribution in [0.3, 0.4) is 0 Å². The van der Waals surface area contributed by atoms with E-state index >= 15 is 0 Å². The van der Waals surface area contributed by atoms with Gasteiger partial charge in [-0.1, -0.05) is 18.2 Å². The van der Waals surface area contributed by atoms with Crippen molar-refractivity contribution in [3.05, 3.63) is 52.2 Å². The maximum Gasteiger partial charge on any atom is 0.419 e. The summed E-state index contributed by atoms with van der Waals surface area (Å²) in [6.45, 7) is 1.38. The number of hydrogen-bond donors (Lipinski definition) is 1. The third kappa shape index (κ3) is 4.25. The molecule has 0 aliphatic rings. The zero-order valence-electron chi connectivity index (χ0n) is 10.6. The van der Waals surface area contributed by atoms with Crippen LogP contribution in [0.1, 0.15) is 10.4 Å². The van der Waals surface area contributed by atoms with E-state index < -0.39 is 11.7 Å². The summed E-state index contributed by atoms with van der Waals surface area (Å²) in [5.74, 6) is -0.127. The number of hydrogen-bond acceptors (Lipinski definition) is 3. The molecule has 1 aromatic heterocycles. The van der Waals surface area contributed by atoms with E-state index in [-0.39, 0.29) is 12.4 Å². The molecule has 2 aromatic rings. The van der Waals surface area contributed by atoms with Crippen LogP contribution < -0.4 is 10.1 Å². The Morgan fingerprint density at radius 2 is 1.90 bits per heavy atom. The molecular weight excluding hydrogens is 287 g/mol. The van der Waals surface area contributed by atoms with Crippen molar-refractivity contribution >= 4 is 11.3 Å². The molecule has 1 N–H and O–H groups in total. The molecule has 2 rings (SSSR count). The van der Waals surface area contributed by atoms with Gasteiger partial charge < -0.3 is 10.1 Å². The summed E-state index contributed by atoms with van der Waals surface area (Å²) in [5, 5.41) is 5.10. The molecule has 1 heterocycles. The molecule has 20 heavy (non-hydrogen) atoms. The second-order valence-electron chi connectivity index (χ2n) is 4.10. The van der Waals surface area contributed by atoms with Crippen LogP contribution in [-0.4, -0.2) is 13.2 Å². The lowest BCUT2D eigenvalue weighted by atomic mass is 10.2. The maximum atomic E-state index is 12.7. The van der Waals surface area contributed by atoms with Crippen molar-refractivity contribution in [3.63, 3.8) is 0 Å². The minimum Gasteiger partial charge on any atom is -0.492 e. The van der Waals surface area contributed by atoms with Gasteiger partial charge in [0.05, 0.1) is 5.56 Å². The summed E-state index contributed by atoms with van der Waals surface area (Å²) in [6, 6.07) is 9.19. The third-order valence-electron chi connectivity index (χ3n) is 2.61. The van der Waals surface area contributed by atoms with Crippen LogP contribution in [0.5, 0.6) is 5.75 Å². The van der Waals surface area contributed by atoms with E-state index in [1.54, 1.807) is 11.3 Å². The molecule has 0 saturated heterocycles. The molecule has 0 amide bonds. The summed E-state index contributed by atoms with van der Waals surface area (Å²) in [6.07, 6.45) is -4.39. The smallest absolute Gasteiger partial charge is 0.419 e. The molecule has 6 heteroatoms. The first kappa shape index (κ1) is 14.9. The van der Waals surface area contributed by atoms with E-state index in [2.05, 4.69) is 5.32 Å². The Morgan fingerprint density at radius 3 is 2.60 bits per heavy atom. The van der Waals surface area contributed by atoms with Crippen LogP contribution in [0.4, 0.5) is 13.2 Å². The van der Waals surface area contributed by atoms with Crippen LogP contribution in [0.25, 0.3) is 0 Å². The van der Waals surface area contributed by atoms with Gasteiger partial charge in [0, 0.05) is 18.0 Å². The van der Waals surface area contributed by atoms with Crippen molar-refractivity contribution in [1.29, 1.82) is 0 Å². The predicted octanol–water partition coefficient (Wildman–Crippen LogP) is 3.94. The highest BCUT2D eigenvalue weighted by molar-refractivity contribution is 7.09. The van der Waals surface area contributed by atoms with Gasteiger partial charge in [-0.25, -0.2) is 0 Å². The van der Waals surface area contributed by atoms with Crippen LogP contribution in [0.2, 0.25) is 0 Å². The van der Waals surface area contributed by atoms with Crippen molar-refractivity contribution in [1.82, 2.24) is 5.32 Å². The largest absolute Gasteiger partial charge is 0.492 e. The topological polar surface area (TPSA) is 21.3 Å². The molecule has 1 aromatic carbocycles. The van der Waals surface area contributed by atoms with E-state index in [0.29, 0.717) is 13.1 Å². The van der Waals surface area contributed by atoms with Gasteiger partial charge >= 0.3 is 6.18 Å². The fourth-order valence-corrected chi connectivity index (χ4v) is 2.36. The second-order valence-corrected chi connectivity index (χ2v) is 5.13. The van der Waals surface area contributed by atoms with Gasteiger partial charge in [0.15, 0.2) is 0 Å². The van der Waals surface area contributed by atoms with Gasteiger partial charge in [-0.3, -0.25) is 0 Å². The van der Waals surface area contributed by atoms with Crippen LogP contribution in [0, 0.1) is 0 Å². The van der Waals surface area contributed by atoms with Crippen LogP contribution in [-0.2, 0) is 12.7 Å². The minimum atomic E-state index is -4.39. The normalized spacial score (nSPS) is 11.6. The molecule has 0 spiro atoms. The number of alkyl halides is 3. The molecule has 2 nitrogen and oxygen atoms in total. The molecule has 0 unspecified atom stereocenters. The molecule has 0 aliphatic carbocycles. The van der Waals surface area contributed by atoms with Crippen molar-refractivity contribution in [3.8, 4) is 5.75 Å². The van der Waals surface area contributed by atoms with Crippen molar-refractivity contribution in [2.45, 2.75) is 12.7 Å². The van der Waals surface area contributed by atoms with Crippen molar-refractivity contribution < 1.29 is 17.9 Å². The fraction of sp³-hybridized carbons (Fsp3) is 0.286. The number of ether oxygens (including phenoxy) is 1. The van der Waals surface area contributed by atoms with E-state index in [1.807, 2.05) is 17.5 Å². The van der Waals surface area contributed by atoms with Gasteiger partial charge in [0.25, 0.3) is 0 Å². The first-order valence-corrected chi connectivity index (χ1v) is 6.97. The minimum absolute atomic E-state index is 0.127. The Morgan fingerprint density at radius 1 is 1.10 bits per heavy atom. The number of benzene rings is 1. The number of rotatable bonds is 6. The highest BCUT2D eigenvalue weighted by atomic mass is 32.1. The van der Waals surface area contributed by atoms with Gasteiger partial charge in [0.1, 0.15) is 12.4 Å². The SMILES string of the molecule is FC(F)(F)c1ccccc1OCCNCc1cccs1. The van der Waals surface area contributed by atoms with Crippen molar-refractivity contribution in [2.75, 3.05) is 13.2 Å². The molecule has 108 valence electrons. The quantitative estimate of drug-likeness (QED) is 0.816. The fourth-order valence-electron chi connectivity index (χ4n) is 1.68. The lowest BCUT2D eigenvalue weighted by molar-refractivity contribution is -0.138. The Hall–Kier alpha value is -1.53. The number of nitrogens with one attached hydrogen (secondary N) is 1. The molecular formula is C14H14F3NOS. The summed E-state index contributed by atoms with van der Waals surface area (Å²) in [4.78, 5) is 1.18. The average Bonchev–Trinajstić information content (AvgIpc) is 2.91. The first-order chi connectivity index (χ1) is 9.57. The molecule has 0 fully saturated rings. The monoisotopic (exact) mass is 301 g/mol. The lowest BCUT2D eigenvalue weighted by Gasteiger charge is -2.13. The van der Waals surface area contributed by atoms with E-state index in [1.165, 1.54) is 23.1 Å². The average molecular weight is 301 g/mol. The number of halogens is 3. The summed E-state index contributed by atoms with van der Waals surface area (Å²) in [5.41, 5.74) is -0.738. The zero-order valence-corrected chi connectivity index (χ0v) is 11.4. The third-order valence-corrected chi connectivity index (χ3v) is 3.48. The highest BCUT2D eigenvalue weighted by Crippen LogP contribution is 2.35. The summed E-state index contributed by atoms with van der Waals surface area (Å²) >= 11 is 1.63. The van der Waals surface area contributed by atoms with Crippen molar-refractivity contribution in [2.24, 2.45) is 0 Å². The Labute approximate surface area is 119 Å². The maximum absolute atomic E-state index is 12.7. The summed E-state index contributed by atoms with van der Waals surface area (Å²) < 4.78 is 43.3. The standard InChI is InChI=1S/C14H14F3NOS/c15-14(16,17)12-5-1-2-6-13(12)19-8-7-18-10-11-4-3-9-20-11/h1-6,9,18H,7-8,10H2. The lowest BCUT2D eigenvalue weighted by Crippen LogP contribution is -2.21. The van der Waals surface area contributed by atoms with Gasteiger partial charge in [-0.05, 0) is 23.6 Å². The van der Waals surface area contributed by atoms with Crippen LogP contribution >= 0.6 is 11.3 Å². The van der Waals surface area contributed by atoms with Gasteiger partial charge in [-0.15, -0.1) is 11.3 Å². The van der Waals surface area contributed by atoms with E-state index in [0.717, 1.165) is 6.07 Å². The Balaban J connectivity index is 1.79. The predicted molar refractivity (Wildman–Crippen MR) is 73.0 cm³/mol. The number of para-hydroxylation sites is 1.